The SMILES string of the molecule is CCC(CC)c1ncc(CCC23CC4CC(CC(C4)C2)C3)[nH]1. The molecule has 0 spiro atoms. The summed E-state index contributed by atoms with van der Waals surface area (Å²) in [4.78, 5) is 8.30. The number of H-pyrrole nitrogens is 1. The molecule has 1 N–H and O–H groups in total. The van der Waals surface area contributed by atoms with E-state index in [-0.39, 0.29) is 0 Å². The predicted octanol–water partition coefficient (Wildman–Crippen LogP) is 5.46. The minimum Gasteiger partial charge on any atom is -0.346 e. The first kappa shape index (κ1) is 14.8. The molecule has 4 fully saturated rings. The molecule has 0 saturated heterocycles. The van der Waals surface area contributed by atoms with E-state index in [2.05, 4.69) is 30.0 Å². The number of nitrogens with zero attached hydrogens (tertiary/aromatic N) is 1. The lowest BCUT2D eigenvalue weighted by Gasteiger charge is -2.57. The van der Waals surface area contributed by atoms with Gasteiger partial charge in [-0.1, -0.05) is 13.8 Å². The molecule has 0 aromatic carbocycles. The quantitative estimate of drug-likeness (QED) is 0.742. The van der Waals surface area contributed by atoms with Crippen molar-refractivity contribution in [2.45, 2.75) is 84.0 Å². The van der Waals surface area contributed by atoms with Gasteiger partial charge in [-0.25, -0.2) is 4.98 Å². The number of aromatic nitrogens is 2. The van der Waals surface area contributed by atoms with E-state index in [0.29, 0.717) is 11.3 Å². The maximum absolute atomic E-state index is 4.67. The first-order chi connectivity index (χ1) is 10.7. The summed E-state index contributed by atoms with van der Waals surface area (Å²) in [5.74, 6) is 5.08. The van der Waals surface area contributed by atoms with Crippen LogP contribution in [0.3, 0.4) is 0 Å². The van der Waals surface area contributed by atoms with Gasteiger partial charge in [-0.2, -0.15) is 0 Å². The summed E-state index contributed by atoms with van der Waals surface area (Å²) in [6.45, 7) is 4.54. The van der Waals surface area contributed by atoms with E-state index in [1.54, 1.807) is 19.3 Å². The highest BCUT2D eigenvalue weighted by Gasteiger charge is 2.50. The molecule has 2 nitrogen and oxygen atoms in total. The largest absolute Gasteiger partial charge is 0.346 e. The van der Waals surface area contributed by atoms with Crippen LogP contribution in [0, 0.1) is 23.2 Å². The highest BCUT2D eigenvalue weighted by molar-refractivity contribution is 5.08. The molecule has 2 heteroatoms. The number of hydrogen-bond acceptors (Lipinski definition) is 1. The monoisotopic (exact) mass is 300 g/mol. The van der Waals surface area contributed by atoms with Crippen molar-refractivity contribution in [2.24, 2.45) is 23.2 Å². The van der Waals surface area contributed by atoms with Crippen LogP contribution in [0.25, 0.3) is 0 Å². The number of rotatable bonds is 6. The van der Waals surface area contributed by atoms with Gasteiger partial charge in [0.25, 0.3) is 0 Å². The molecule has 4 bridgehead atoms. The molecule has 4 aliphatic rings. The molecule has 0 aliphatic heterocycles. The molecule has 0 amide bonds. The first-order valence-electron chi connectivity index (χ1n) is 9.73. The van der Waals surface area contributed by atoms with Gasteiger partial charge in [0.05, 0.1) is 0 Å². The van der Waals surface area contributed by atoms with Crippen LogP contribution in [-0.2, 0) is 6.42 Å². The topological polar surface area (TPSA) is 28.7 Å². The third-order valence-corrected chi connectivity index (χ3v) is 7.11. The van der Waals surface area contributed by atoms with Crippen LogP contribution in [0.1, 0.15) is 89.1 Å². The summed E-state index contributed by atoms with van der Waals surface area (Å²) in [6.07, 6.45) is 16.4. The molecule has 22 heavy (non-hydrogen) atoms. The minimum atomic E-state index is 0.619. The molecular formula is C20H32N2. The molecule has 1 heterocycles. The standard InChI is InChI=1S/C20H32N2/c1-3-17(4-2)19-21-13-18(22-19)5-6-20-10-14-7-15(11-20)9-16(8-14)12-20/h13-17H,3-12H2,1-2H3,(H,21,22). The number of aromatic amines is 1. The lowest BCUT2D eigenvalue weighted by molar-refractivity contribution is -0.0570. The lowest BCUT2D eigenvalue weighted by Crippen LogP contribution is -2.46. The molecule has 5 rings (SSSR count). The summed E-state index contributed by atoms with van der Waals surface area (Å²) < 4.78 is 0. The van der Waals surface area contributed by atoms with Crippen LogP contribution in [0.2, 0.25) is 0 Å². The Balaban J connectivity index is 1.40. The Morgan fingerprint density at radius 1 is 1.09 bits per heavy atom. The van der Waals surface area contributed by atoms with Crippen LogP contribution in [0.4, 0.5) is 0 Å². The fourth-order valence-electron chi connectivity index (χ4n) is 6.38. The van der Waals surface area contributed by atoms with Crippen molar-refractivity contribution >= 4 is 0 Å². The van der Waals surface area contributed by atoms with E-state index in [4.69, 9.17) is 0 Å². The smallest absolute Gasteiger partial charge is 0.109 e. The van der Waals surface area contributed by atoms with E-state index in [0.717, 1.165) is 17.8 Å². The van der Waals surface area contributed by atoms with Crippen molar-refractivity contribution in [3.8, 4) is 0 Å². The second-order valence-electron chi connectivity index (χ2n) is 8.72. The van der Waals surface area contributed by atoms with Crippen molar-refractivity contribution in [3.05, 3.63) is 17.7 Å². The maximum atomic E-state index is 4.67. The van der Waals surface area contributed by atoms with Crippen LogP contribution in [0.5, 0.6) is 0 Å². The van der Waals surface area contributed by atoms with Gasteiger partial charge < -0.3 is 4.98 Å². The molecule has 0 atom stereocenters. The summed E-state index contributed by atoms with van der Waals surface area (Å²) in [6, 6.07) is 0. The number of hydrogen-bond donors (Lipinski definition) is 1. The normalized spacial score (nSPS) is 36.4. The van der Waals surface area contributed by atoms with Crippen LogP contribution < -0.4 is 0 Å². The van der Waals surface area contributed by atoms with Crippen molar-refractivity contribution in [3.63, 3.8) is 0 Å². The minimum absolute atomic E-state index is 0.619. The van der Waals surface area contributed by atoms with Crippen molar-refractivity contribution < 1.29 is 0 Å². The average Bonchev–Trinajstić information content (AvgIpc) is 2.94. The summed E-state index contributed by atoms with van der Waals surface area (Å²) in [5, 5.41) is 0. The number of nitrogens with one attached hydrogen (secondary N) is 1. The predicted molar refractivity (Wildman–Crippen MR) is 90.8 cm³/mol. The Morgan fingerprint density at radius 2 is 1.68 bits per heavy atom. The zero-order valence-corrected chi connectivity index (χ0v) is 14.4. The van der Waals surface area contributed by atoms with Gasteiger partial charge in [0.2, 0.25) is 0 Å². The fraction of sp³-hybridized carbons (Fsp3) is 0.850. The van der Waals surface area contributed by atoms with Crippen molar-refractivity contribution in [2.75, 3.05) is 0 Å². The summed E-state index contributed by atoms with van der Waals surface area (Å²) >= 11 is 0. The zero-order chi connectivity index (χ0) is 15.2. The highest BCUT2D eigenvalue weighted by atomic mass is 14.9. The van der Waals surface area contributed by atoms with Gasteiger partial charge in [0.15, 0.2) is 0 Å². The van der Waals surface area contributed by atoms with Gasteiger partial charge in [-0.15, -0.1) is 0 Å². The lowest BCUT2D eigenvalue weighted by atomic mass is 9.48. The Bertz CT molecular complexity index is 476. The van der Waals surface area contributed by atoms with Crippen LogP contribution in [-0.4, -0.2) is 9.97 Å². The van der Waals surface area contributed by atoms with Gasteiger partial charge in [-0.05, 0) is 87.4 Å². The van der Waals surface area contributed by atoms with Crippen LogP contribution >= 0.6 is 0 Å². The van der Waals surface area contributed by atoms with E-state index in [1.165, 1.54) is 56.5 Å². The second kappa shape index (κ2) is 5.69. The number of aryl methyl sites for hydroxylation is 1. The van der Waals surface area contributed by atoms with Gasteiger partial charge in [0, 0.05) is 17.8 Å². The van der Waals surface area contributed by atoms with Gasteiger partial charge >= 0.3 is 0 Å². The summed E-state index contributed by atoms with van der Waals surface area (Å²) in [5.41, 5.74) is 2.09. The molecule has 4 aliphatic carbocycles. The maximum Gasteiger partial charge on any atom is 0.109 e. The highest BCUT2D eigenvalue weighted by Crippen LogP contribution is 2.61. The third kappa shape index (κ3) is 2.63. The van der Waals surface area contributed by atoms with Crippen molar-refractivity contribution in [1.29, 1.82) is 0 Å². The molecule has 0 unspecified atom stereocenters. The Kier molecular flexibility index (Phi) is 3.82. The first-order valence-corrected chi connectivity index (χ1v) is 9.73. The van der Waals surface area contributed by atoms with E-state index >= 15 is 0 Å². The van der Waals surface area contributed by atoms with Gasteiger partial charge in [0.1, 0.15) is 5.82 Å². The molecule has 1 aromatic rings. The summed E-state index contributed by atoms with van der Waals surface area (Å²) in [7, 11) is 0. The van der Waals surface area contributed by atoms with E-state index in [9.17, 15) is 0 Å². The fourth-order valence-corrected chi connectivity index (χ4v) is 6.38. The Hall–Kier alpha value is -0.790. The van der Waals surface area contributed by atoms with Crippen LogP contribution in [0.15, 0.2) is 6.20 Å². The van der Waals surface area contributed by atoms with Crippen molar-refractivity contribution in [1.82, 2.24) is 9.97 Å². The molecule has 122 valence electrons. The van der Waals surface area contributed by atoms with E-state index in [1.807, 2.05) is 0 Å². The van der Waals surface area contributed by atoms with E-state index < -0.39 is 0 Å². The number of imidazole rings is 1. The second-order valence-corrected chi connectivity index (χ2v) is 8.72. The average molecular weight is 300 g/mol. The third-order valence-electron chi connectivity index (χ3n) is 7.11. The Morgan fingerprint density at radius 3 is 2.23 bits per heavy atom. The Labute approximate surface area is 135 Å². The molecule has 4 saturated carbocycles. The zero-order valence-electron chi connectivity index (χ0n) is 14.4. The molecular weight excluding hydrogens is 268 g/mol. The molecule has 1 aromatic heterocycles. The van der Waals surface area contributed by atoms with Gasteiger partial charge in [-0.3, -0.25) is 0 Å². The molecule has 0 radical (unpaired) electrons.